The molecule has 1 aromatic rings. The van der Waals surface area contributed by atoms with E-state index < -0.39 is 17.0 Å². The minimum Gasteiger partial charge on any atom is -0.329 e. The number of rotatable bonds is 3. The molecule has 0 radical (unpaired) electrons. The first-order valence-corrected chi connectivity index (χ1v) is 5.71. The minimum absolute atomic E-state index is 0.168. The van der Waals surface area contributed by atoms with E-state index in [-0.39, 0.29) is 23.5 Å². The molecule has 2 N–H and O–H groups in total. The minimum atomic E-state index is -1.05. The van der Waals surface area contributed by atoms with Gasteiger partial charge in [0.05, 0.1) is 5.56 Å². The van der Waals surface area contributed by atoms with Gasteiger partial charge < -0.3 is 5.73 Å². The smallest absolute Gasteiger partial charge is 0.173 e. The van der Waals surface area contributed by atoms with Crippen LogP contribution in [0.5, 0.6) is 0 Å². The number of carbonyl (C=O) groups is 1. The molecule has 0 heterocycles. The topological polar surface area (TPSA) is 43.1 Å². The highest BCUT2D eigenvalue weighted by molar-refractivity contribution is 6.01. The third-order valence-electron chi connectivity index (χ3n) is 3.70. The van der Waals surface area contributed by atoms with Crippen molar-refractivity contribution in [3.63, 3.8) is 0 Å². The van der Waals surface area contributed by atoms with Crippen LogP contribution >= 0.6 is 0 Å². The Labute approximate surface area is 98.8 Å². The number of aryl methyl sites for hydroxylation is 1. The van der Waals surface area contributed by atoms with E-state index in [0.717, 1.165) is 6.42 Å². The molecule has 1 saturated carbocycles. The third kappa shape index (κ3) is 1.76. The first kappa shape index (κ1) is 12.2. The zero-order chi connectivity index (χ0) is 12.6. The molecule has 0 bridgehead atoms. The first-order valence-electron chi connectivity index (χ1n) is 5.71. The Bertz CT molecular complexity index is 461. The van der Waals surface area contributed by atoms with Crippen molar-refractivity contribution in [1.82, 2.24) is 0 Å². The van der Waals surface area contributed by atoms with Gasteiger partial charge in [-0.25, -0.2) is 8.78 Å². The lowest BCUT2D eigenvalue weighted by Crippen LogP contribution is -2.44. The van der Waals surface area contributed by atoms with Crippen molar-refractivity contribution in [2.75, 3.05) is 6.54 Å². The molecular weight excluding hydrogens is 224 g/mol. The van der Waals surface area contributed by atoms with Crippen molar-refractivity contribution in [3.05, 3.63) is 34.9 Å². The molecule has 0 aliphatic heterocycles. The fourth-order valence-electron chi connectivity index (χ4n) is 2.23. The van der Waals surface area contributed by atoms with Crippen molar-refractivity contribution < 1.29 is 13.6 Å². The fraction of sp³-hybridized carbons (Fsp3) is 0.462. The van der Waals surface area contributed by atoms with E-state index in [9.17, 15) is 13.6 Å². The van der Waals surface area contributed by atoms with Gasteiger partial charge in [0, 0.05) is 12.0 Å². The molecule has 0 aromatic heterocycles. The highest BCUT2D eigenvalue weighted by atomic mass is 19.2. The van der Waals surface area contributed by atoms with Gasteiger partial charge in [-0.05, 0) is 31.4 Å². The number of Topliss-reactive ketones (excluding diaryl/α,β-unsaturated/α-hetero) is 1. The summed E-state index contributed by atoms with van der Waals surface area (Å²) in [4.78, 5) is 12.2. The van der Waals surface area contributed by atoms with Crippen LogP contribution in [0, 0.1) is 24.0 Å². The van der Waals surface area contributed by atoms with Crippen LogP contribution in [-0.4, -0.2) is 12.3 Å². The number of carbonyl (C=O) groups excluding carboxylic acids is 1. The van der Waals surface area contributed by atoms with Gasteiger partial charge in [-0.1, -0.05) is 12.5 Å². The number of hydrogen-bond donors (Lipinski definition) is 1. The molecule has 17 heavy (non-hydrogen) atoms. The Balaban J connectivity index is 2.41. The monoisotopic (exact) mass is 239 g/mol. The Morgan fingerprint density at radius 1 is 1.35 bits per heavy atom. The summed E-state index contributed by atoms with van der Waals surface area (Å²) in [5, 5.41) is 0. The Morgan fingerprint density at radius 3 is 2.47 bits per heavy atom. The van der Waals surface area contributed by atoms with Gasteiger partial charge in [0.15, 0.2) is 17.4 Å². The summed E-state index contributed by atoms with van der Waals surface area (Å²) >= 11 is 0. The normalized spacial score (nSPS) is 17.6. The van der Waals surface area contributed by atoms with E-state index in [2.05, 4.69) is 0 Å². The highest BCUT2D eigenvalue weighted by Gasteiger charge is 2.44. The van der Waals surface area contributed by atoms with Gasteiger partial charge in [0.1, 0.15) is 0 Å². The molecule has 0 spiro atoms. The van der Waals surface area contributed by atoms with Crippen molar-refractivity contribution >= 4 is 5.78 Å². The van der Waals surface area contributed by atoms with Crippen LogP contribution < -0.4 is 5.73 Å². The summed E-state index contributed by atoms with van der Waals surface area (Å²) in [5.41, 5.74) is 4.96. The predicted molar refractivity (Wildman–Crippen MR) is 60.8 cm³/mol. The lowest BCUT2D eigenvalue weighted by molar-refractivity contribution is 0.0630. The number of benzene rings is 1. The molecule has 4 heteroatoms. The lowest BCUT2D eigenvalue weighted by atomic mass is 9.64. The van der Waals surface area contributed by atoms with E-state index in [4.69, 9.17) is 5.73 Å². The third-order valence-corrected chi connectivity index (χ3v) is 3.70. The van der Waals surface area contributed by atoms with Crippen molar-refractivity contribution in [1.29, 1.82) is 0 Å². The molecule has 0 amide bonds. The molecule has 1 aliphatic carbocycles. The Morgan fingerprint density at radius 2 is 2.00 bits per heavy atom. The van der Waals surface area contributed by atoms with Gasteiger partial charge in [-0.15, -0.1) is 0 Å². The molecule has 0 saturated heterocycles. The van der Waals surface area contributed by atoms with Gasteiger partial charge in [0.25, 0.3) is 0 Å². The summed E-state index contributed by atoms with van der Waals surface area (Å²) in [6.07, 6.45) is 2.24. The molecule has 1 aromatic carbocycles. The average molecular weight is 239 g/mol. The Kier molecular flexibility index (Phi) is 3.00. The van der Waals surface area contributed by atoms with E-state index in [1.807, 2.05) is 0 Å². The van der Waals surface area contributed by atoms with E-state index in [1.54, 1.807) is 0 Å². The number of halogens is 2. The SMILES string of the molecule is Cc1ccc(C(=O)C2(CN)CCC2)c(F)c1F. The number of hydrogen-bond acceptors (Lipinski definition) is 2. The molecule has 0 unspecified atom stereocenters. The van der Waals surface area contributed by atoms with Crippen LogP contribution in [0.3, 0.4) is 0 Å². The molecule has 0 atom stereocenters. The van der Waals surface area contributed by atoms with Gasteiger partial charge in [-0.2, -0.15) is 0 Å². The highest BCUT2D eigenvalue weighted by Crippen LogP contribution is 2.43. The maximum atomic E-state index is 13.7. The zero-order valence-corrected chi connectivity index (χ0v) is 9.72. The van der Waals surface area contributed by atoms with Crippen LogP contribution in [0.15, 0.2) is 12.1 Å². The summed E-state index contributed by atoms with van der Waals surface area (Å²) in [7, 11) is 0. The van der Waals surface area contributed by atoms with Crippen molar-refractivity contribution in [2.45, 2.75) is 26.2 Å². The second-order valence-electron chi connectivity index (χ2n) is 4.73. The standard InChI is InChI=1S/C13H15F2NO/c1-8-3-4-9(11(15)10(8)14)12(17)13(7-16)5-2-6-13/h3-4H,2,5-7,16H2,1H3. The fourth-order valence-corrected chi connectivity index (χ4v) is 2.23. The summed E-state index contributed by atoms with van der Waals surface area (Å²) < 4.78 is 27.1. The Hall–Kier alpha value is -1.29. The largest absolute Gasteiger partial charge is 0.329 e. The molecule has 1 fully saturated rings. The van der Waals surface area contributed by atoms with Gasteiger partial charge in [0.2, 0.25) is 0 Å². The maximum absolute atomic E-state index is 13.7. The quantitative estimate of drug-likeness (QED) is 0.824. The molecule has 92 valence electrons. The van der Waals surface area contributed by atoms with Gasteiger partial charge in [-0.3, -0.25) is 4.79 Å². The van der Waals surface area contributed by atoms with Crippen LogP contribution in [0.4, 0.5) is 8.78 Å². The number of ketones is 1. The molecule has 1 aliphatic rings. The average Bonchev–Trinajstić information content (AvgIpc) is 2.25. The van der Waals surface area contributed by atoms with E-state index in [1.165, 1.54) is 19.1 Å². The molecule has 2 nitrogen and oxygen atoms in total. The zero-order valence-electron chi connectivity index (χ0n) is 9.72. The van der Waals surface area contributed by atoms with E-state index >= 15 is 0 Å². The van der Waals surface area contributed by atoms with E-state index in [0.29, 0.717) is 12.8 Å². The molecule has 2 rings (SSSR count). The second kappa shape index (κ2) is 4.18. The summed E-state index contributed by atoms with van der Waals surface area (Å²) in [6.45, 7) is 1.66. The van der Waals surface area contributed by atoms with Gasteiger partial charge >= 0.3 is 0 Å². The number of nitrogens with two attached hydrogens (primary N) is 1. The second-order valence-corrected chi connectivity index (χ2v) is 4.73. The summed E-state index contributed by atoms with van der Waals surface area (Å²) in [6, 6.07) is 2.78. The first-order chi connectivity index (χ1) is 8.02. The van der Waals surface area contributed by atoms with Crippen LogP contribution in [0.1, 0.15) is 35.2 Å². The van der Waals surface area contributed by atoms with Crippen molar-refractivity contribution in [3.8, 4) is 0 Å². The van der Waals surface area contributed by atoms with Crippen LogP contribution in [-0.2, 0) is 0 Å². The van der Waals surface area contributed by atoms with Crippen LogP contribution in [0.25, 0.3) is 0 Å². The summed E-state index contributed by atoms with van der Waals surface area (Å²) in [5.74, 6) is -2.35. The van der Waals surface area contributed by atoms with Crippen molar-refractivity contribution in [2.24, 2.45) is 11.1 Å². The lowest BCUT2D eigenvalue weighted by Gasteiger charge is -2.39. The predicted octanol–water partition coefficient (Wildman–Crippen LogP) is 2.58. The molecular formula is C13H15F2NO. The maximum Gasteiger partial charge on any atom is 0.173 e. The van der Waals surface area contributed by atoms with Crippen LogP contribution in [0.2, 0.25) is 0 Å².